The van der Waals surface area contributed by atoms with Crippen LogP contribution in [-0.4, -0.2) is 52.0 Å². The molecule has 1 aliphatic heterocycles. The molecule has 3 rings (SSSR count). The van der Waals surface area contributed by atoms with Gasteiger partial charge in [-0.05, 0) is 73.5 Å². The topological polar surface area (TPSA) is 96.3 Å². The predicted molar refractivity (Wildman–Crippen MR) is 125 cm³/mol. The second-order valence-corrected chi connectivity index (χ2v) is 11.0. The fourth-order valence-electron chi connectivity index (χ4n) is 3.34. The lowest BCUT2D eigenvalue weighted by molar-refractivity contribution is 0.0138. The van der Waals surface area contributed by atoms with Crippen LogP contribution >= 0.6 is 11.5 Å². The molecule has 1 aromatic heterocycles. The molecule has 182 valence electrons. The Morgan fingerprint density at radius 1 is 0.879 bits per heavy atom. The van der Waals surface area contributed by atoms with Gasteiger partial charge in [0, 0.05) is 19.2 Å². The standard InChI is InChI=1S/C23H32N2O7S/c1-22(2,3)31-20(27)29-16-13-15-18(14-17(16)30-21(28)32-23(4,5)6)33-25(19(15)26)12-11-24-9-7-8-10-24/h13-14H,7-12H2,1-6H3. The highest BCUT2D eigenvalue weighted by atomic mass is 32.1. The van der Waals surface area contributed by atoms with Crippen molar-refractivity contribution in [2.24, 2.45) is 0 Å². The zero-order valence-electron chi connectivity index (χ0n) is 20.1. The zero-order valence-corrected chi connectivity index (χ0v) is 20.9. The summed E-state index contributed by atoms with van der Waals surface area (Å²) >= 11 is 1.27. The molecule has 33 heavy (non-hydrogen) atoms. The lowest BCUT2D eigenvalue weighted by Crippen LogP contribution is -2.27. The Bertz CT molecular complexity index is 1070. The summed E-state index contributed by atoms with van der Waals surface area (Å²) < 4.78 is 23.4. The van der Waals surface area contributed by atoms with Gasteiger partial charge in [-0.25, -0.2) is 9.59 Å². The van der Waals surface area contributed by atoms with Crippen molar-refractivity contribution in [2.75, 3.05) is 19.6 Å². The van der Waals surface area contributed by atoms with Crippen LogP contribution < -0.4 is 15.0 Å². The molecule has 10 heteroatoms. The number of hydrogen-bond donors (Lipinski definition) is 0. The molecule has 0 bridgehead atoms. The Morgan fingerprint density at radius 3 is 1.91 bits per heavy atom. The predicted octanol–water partition coefficient (Wildman–Crippen LogP) is 4.79. The van der Waals surface area contributed by atoms with E-state index in [-0.39, 0.29) is 17.1 Å². The minimum Gasteiger partial charge on any atom is -0.428 e. The van der Waals surface area contributed by atoms with Crippen molar-refractivity contribution in [3.8, 4) is 11.5 Å². The maximum Gasteiger partial charge on any atom is 0.514 e. The van der Waals surface area contributed by atoms with Crippen molar-refractivity contribution in [1.29, 1.82) is 0 Å². The highest BCUT2D eigenvalue weighted by Crippen LogP contribution is 2.34. The monoisotopic (exact) mass is 480 g/mol. The van der Waals surface area contributed by atoms with Crippen molar-refractivity contribution >= 4 is 33.9 Å². The molecule has 1 fully saturated rings. The summed E-state index contributed by atoms with van der Waals surface area (Å²) in [7, 11) is 0. The number of ether oxygens (including phenoxy) is 4. The van der Waals surface area contributed by atoms with Gasteiger partial charge in [-0.3, -0.25) is 8.75 Å². The van der Waals surface area contributed by atoms with Crippen LogP contribution in [0.1, 0.15) is 54.4 Å². The van der Waals surface area contributed by atoms with E-state index in [9.17, 15) is 14.4 Å². The first-order valence-corrected chi connectivity index (χ1v) is 11.8. The van der Waals surface area contributed by atoms with Crippen LogP contribution in [0.4, 0.5) is 9.59 Å². The van der Waals surface area contributed by atoms with Crippen LogP contribution in [0.3, 0.4) is 0 Å². The first kappa shape index (κ1) is 25.0. The Labute approximate surface area is 197 Å². The summed E-state index contributed by atoms with van der Waals surface area (Å²) in [5, 5.41) is 0.372. The van der Waals surface area contributed by atoms with Gasteiger partial charge < -0.3 is 23.8 Å². The first-order valence-electron chi connectivity index (χ1n) is 11.0. The van der Waals surface area contributed by atoms with Crippen LogP contribution in [0.15, 0.2) is 16.9 Å². The molecule has 0 N–H and O–H groups in total. The lowest BCUT2D eigenvalue weighted by Gasteiger charge is -2.20. The third kappa shape index (κ3) is 7.20. The maximum absolute atomic E-state index is 13.0. The summed E-state index contributed by atoms with van der Waals surface area (Å²) in [4.78, 5) is 39.8. The molecule has 1 aromatic carbocycles. The van der Waals surface area contributed by atoms with Crippen molar-refractivity contribution < 1.29 is 28.5 Å². The molecule has 0 aliphatic carbocycles. The molecule has 2 heterocycles. The number of carbonyl (C=O) groups is 2. The van der Waals surface area contributed by atoms with E-state index in [0.717, 1.165) is 19.6 Å². The number of fused-ring (bicyclic) bond motifs is 1. The second-order valence-electron chi connectivity index (χ2n) is 9.98. The molecule has 1 aliphatic rings. The summed E-state index contributed by atoms with van der Waals surface area (Å²) in [5.41, 5.74) is -1.73. The summed E-state index contributed by atoms with van der Waals surface area (Å²) in [6, 6.07) is 2.92. The smallest absolute Gasteiger partial charge is 0.428 e. The van der Waals surface area contributed by atoms with Gasteiger partial charge in [0.25, 0.3) is 5.56 Å². The minimum atomic E-state index is -0.972. The van der Waals surface area contributed by atoms with Gasteiger partial charge in [-0.2, -0.15) is 0 Å². The normalized spacial score (nSPS) is 15.0. The van der Waals surface area contributed by atoms with Gasteiger partial charge in [0.2, 0.25) is 0 Å². The zero-order chi connectivity index (χ0) is 24.4. The van der Waals surface area contributed by atoms with Crippen LogP contribution in [0.2, 0.25) is 0 Å². The summed E-state index contributed by atoms with van der Waals surface area (Å²) in [5.74, 6) is -0.125. The van der Waals surface area contributed by atoms with Gasteiger partial charge in [-0.1, -0.05) is 11.5 Å². The second kappa shape index (κ2) is 9.72. The van der Waals surface area contributed by atoms with Crippen molar-refractivity contribution in [1.82, 2.24) is 8.86 Å². The quantitative estimate of drug-likeness (QED) is 0.445. The molecule has 1 saturated heterocycles. The number of rotatable bonds is 5. The van der Waals surface area contributed by atoms with E-state index in [4.69, 9.17) is 18.9 Å². The number of carbonyl (C=O) groups excluding carboxylic acids is 2. The van der Waals surface area contributed by atoms with Gasteiger partial charge in [0.15, 0.2) is 11.5 Å². The number of benzene rings is 1. The van der Waals surface area contributed by atoms with Crippen LogP contribution in [0.5, 0.6) is 11.5 Å². The molecule has 9 nitrogen and oxygen atoms in total. The molecular weight excluding hydrogens is 448 g/mol. The third-order valence-corrected chi connectivity index (χ3v) is 5.80. The van der Waals surface area contributed by atoms with E-state index in [0.29, 0.717) is 16.6 Å². The number of nitrogens with zero attached hydrogens (tertiary/aromatic N) is 2. The van der Waals surface area contributed by atoms with E-state index in [2.05, 4.69) is 4.90 Å². The van der Waals surface area contributed by atoms with Gasteiger partial charge in [0.05, 0.1) is 10.1 Å². The number of hydrogen-bond acceptors (Lipinski definition) is 9. The molecule has 0 amide bonds. The molecule has 2 aromatic rings. The molecule has 0 unspecified atom stereocenters. The van der Waals surface area contributed by atoms with Crippen LogP contribution in [-0.2, 0) is 16.0 Å². The van der Waals surface area contributed by atoms with Crippen molar-refractivity contribution in [3.05, 3.63) is 22.5 Å². The van der Waals surface area contributed by atoms with E-state index < -0.39 is 23.5 Å². The Kier molecular flexibility index (Phi) is 7.38. The largest absolute Gasteiger partial charge is 0.514 e. The third-order valence-electron chi connectivity index (χ3n) is 4.70. The minimum absolute atomic E-state index is 0.0319. The number of aromatic nitrogens is 1. The van der Waals surface area contributed by atoms with Crippen LogP contribution in [0, 0.1) is 0 Å². The summed E-state index contributed by atoms with van der Waals surface area (Å²) in [6.07, 6.45) is 0.438. The van der Waals surface area contributed by atoms with E-state index >= 15 is 0 Å². The Hall–Kier alpha value is -2.59. The van der Waals surface area contributed by atoms with Gasteiger partial charge >= 0.3 is 12.3 Å². The molecule has 0 atom stereocenters. The highest BCUT2D eigenvalue weighted by Gasteiger charge is 2.25. The van der Waals surface area contributed by atoms with Gasteiger partial charge in [-0.15, -0.1) is 0 Å². The first-order chi connectivity index (χ1) is 15.3. The molecule has 0 radical (unpaired) electrons. The molecular formula is C23H32N2O7S. The van der Waals surface area contributed by atoms with Gasteiger partial charge in [0.1, 0.15) is 11.2 Å². The molecule has 0 spiro atoms. The average Bonchev–Trinajstić information content (AvgIpc) is 3.26. The van der Waals surface area contributed by atoms with E-state index in [1.807, 2.05) is 0 Å². The van der Waals surface area contributed by atoms with E-state index in [1.54, 1.807) is 45.5 Å². The van der Waals surface area contributed by atoms with E-state index in [1.165, 1.54) is 36.5 Å². The summed E-state index contributed by atoms with van der Waals surface area (Å²) in [6.45, 7) is 13.7. The molecule has 0 saturated carbocycles. The average molecular weight is 481 g/mol. The highest BCUT2D eigenvalue weighted by molar-refractivity contribution is 7.13. The van der Waals surface area contributed by atoms with Crippen LogP contribution in [0.25, 0.3) is 10.1 Å². The van der Waals surface area contributed by atoms with Crippen molar-refractivity contribution in [3.63, 3.8) is 0 Å². The Balaban J connectivity index is 1.91. The fourth-order valence-corrected chi connectivity index (χ4v) is 4.34. The maximum atomic E-state index is 13.0. The van der Waals surface area contributed by atoms with Crippen molar-refractivity contribution in [2.45, 2.75) is 72.1 Å². The number of likely N-dealkylation sites (tertiary alicyclic amines) is 1. The fraction of sp³-hybridized carbons (Fsp3) is 0.609. The SMILES string of the molecule is CC(C)(C)OC(=O)Oc1cc2sn(CCN3CCCC3)c(=O)c2cc1OC(=O)OC(C)(C)C. The lowest BCUT2D eigenvalue weighted by atomic mass is 10.2. The Morgan fingerprint density at radius 2 is 1.39 bits per heavy atom.